The minimum Gasteiger partial charge on any atom is -0.314 e. The molecule has 0 bridgehead atoms. The lowest BCUT2D eigenvalue weighted by Gasteiger charge is -2.15. The molecule has 1 atom stereocenters. The molecule has 1 aromatic rings. The normalized spacial score (nSPS) is 22.3. The number of halogens is 1. The van der Waals surface area contributed by atoms with Gasteiger partial charge in [-0.1, -0.05) is 36.6 Å². The van der Waals surface area contributed by atoms with Crippen molar-refractivity contribution >= 4 is 11.6 Å². The Morgan fingerprint density at radius 2 is 1.93 bits per heavy atom. The number of rotatable bonds is 2. The van der Waals surface area contributed by atoms with Gasteiger partial charge < -0.3 is 5.32 Å². The lowest BCUT2D eigenvalue weighted by molar-refractivity contribution is 0.507. The van der Waals surface area contributed by atoms with Crippen LogP contribution in [-0.4, -0.2) is 12.6 Å². The lowest BCUT2D eigenvalue weighted by atomic mass is 10.0. The third-order valence-corrected chi connectivity index (χ3v) is 3.31. The quantitative estimate of drug-likeness (QED) is 0.810. The van der Waals surface area contributed by atoms with Crippen molar-refractivity contribution < 1.29 is 0 Å². The molecule has 0 radical (unpaired) electrons. The Labute approximate surface area is 96.8 Å². The van der Waals surface area contributed by atoms with Crippen LogP contribution in [0.3, 0.4) is 0 Å². The van der Waals surface area contributed by atoms with Crippen LogP contribution in [0.1, 0.15) is 31.2 Å². The molecular weight excluding hydrogens is 206 g/mol. The van der Waals surface area contributed by atoms with Crippen LogP contribution in [0, 0.1) is 0 Å². The summed E-state index contributed by atoms with van der Waals surface area (Å²) in [5.74, 6) is 0. The van der Waals surface area contributed by atoms with Crippen LogP contribution < -0.4 is 5.32 Å². The molecule has 2 heteroatoms. The van der Waals surface area contributed by atoms with Crippen LogP contribution in [0.2, 0.25) is 5.02 Å². The molecule has 1 nitrogen and oxygen atoms in total. The highest BCUT2D eigenvalue weighted by molar-refractivity contribution is 6.30. The highest BCUT2D eigenvalue weighted by atomic mass is 35.5. The molecule has 0 aromatic heterocycles. The summed E-state index contributed by atoms with van der Waals surface area (Å²) in [4.78, 5) is 0. The summed E-state index contributed by atoms with van der Waals surface area (Å²) in [5.41, 5.74) is 1.39. The van der Waals surface area contributed by atoms with Crippen LogP contribution in [0.25, 0.3) is 0 Å². The molecule has 1 unspecified atom stereocenters. The second-order valence-electron chi connectivity index (χ2n) is 4.33. The predicted molar refractivity (Wildman–Crippen MR) is 65.4 cm³/mol. The average Bonchev–Trinajstić information content (AvgIpc) is 2.50. The number of hydrogen-bond acceptors (Lipinski definition) is 1. The highest BCUT2D eigenvalue weighted by Gasteiger charge is 2.11. The van der Waals surface area contributed by atoms with Gasteiger partial charge in [0.25, 0.3) is 0 Å². The van der Waals surface area contributed by atoms with Gasteiger partial charge in [0.15, 0.2) is 0 Å². The maximum atomic E-state index is 5.86. The zero-order valence-corrected chi connectivity index (χ0v) is 9.76. The Morgan fingerprint density at radius 1 is 1.13 bits per heavy atom. The van der Waals surface area contributed by atoms with Crippen molar-refractivity contribution in [3.63, 3.8) is 0 Å². The first-order valence-electron chi connectivity index (χ1n) is 5.82. The third-order valence-electron chi connectivity index (χ3n) is 3.06. The van der Waals surface area contributed by atoms with Crippen molar-refractivity contribution in [2.24, 2.45) is 0 Å². The molecule has 82 valence electrons. The van der Waals surface area contributed by atoms with E-state index in [4.69, 9.17) is 11.6 Å². The maximum absolute atomic E-state index is 5.86. The molecule has 0 aliphatic carbocycles. The summed E-state index contributed by atoms with van der Waals surface area (Å²) in [6.07, 6.45) is 6.52. The van der Waals surface area contributed by atoms with Crippen LogP contribution >= 0.6 is 11.6 Å². The second-order valence-corrected chi connectivity index (χ2v) is 4.77. The van der Waals surface area contributed by atoms with Crippen molar-refractivity contribution in [3.8, 4) is 0 Å². The van der Waals surface area contributed by atoms with E-state index in [1.54, 1.807) is 0 Å². The first-order valence-corrected chi connectivity index (χ1v) is 6.20. The molecule has 1 fully saturated rings. The van der Waals surface area contributed by atoms with Gasteiger partial charge in [0, 0.05) is 11.1 Å². The fourth-order valence-electron chi connectivity index (χ4n) is 2.18. The third kappa shape index (κ3) is 3.51. The van der Waals surface area contributed by atoms with Crippen molar-refractivity contribution in [2.75, 3.05) is 6.54 Å². The lowest BCUT2D eigenvalue weighted by Crippen LogP contribution is -2.30. The molecule has 1 heterocycles. The van der Waals surface area contributed by atoms with Crippen molar-refractivity contribution in [3.05, 3.63) is 34.9 Å². The summed E-state index contributed by atoms with van der Waals surface area (Å²) in [6.45, 7) is 1.18. The molecule has 0 spiro atoms. The SMILES string of the molecule is Clc1ccc(CC2CCCCCN2)cc1. The van der Waals surface area contributed by atoms with E-state index in [0.717, 1.165) is 11.4 Å². The standard InChI is InChI=1S/C13H18ClN/c14-12-7-5-11(6-8-12)10-13-4-2-1-3-9-15-13/h5-8,13,15H,1-4,9-10H2. The van der Waals surface area contributed by atoms with Gasteiger partial charge >= 0.3 is 0 Å². The summed E-state index contributed by atoms with van der Waals surface area (Å²) in [5, 5.41) is 4.44. The fourth-order valence-corrected chi connectivity index (χ4v) is 2.31. The van der Waals surface area contributed by atoms with Gasteiger partial charge in [-0.25, -0.2) is 0 Å². The summed E-state index contributed by atoms with van der Waals surface area (Å²) >= 11 is 5.86. The van der Waals surface area contributed by atoms with Gasteiger partial charge in [-0.3, -0.25) is 0 Å². The van der Waals surface area contributed by atoms with Gasteiger partial charge in [0.05, 0.1) is 0 Å². The molecule has 15 heavy (non-hydrogen) atoms. The van der Waals surface area contributed by atoms with E-state index in [2.05, 4.69) is 17.4 Å². The van der Waals surface area contributed by atoms with Crippen LogP contribution in [0.5, 0.6) is 0 Å². The molecule has 1 aliphatic heterocycles. The predicted octanol–water partition coefficient (Wildman–Crippen LogP) is 3.41. The van der Waals surface area contributed by atoms with E-state index in [9.17, 15) is 0 Å². The highest BCUT2D eigenvalue weighted by Crippen LogP contribution is 2.15. The molecule has 0 saturated carbocycles. The summed E-state index contributed by atoms with van der Waals surface area (Å²) in [7, 11) is 0. The van der Waals surface area contributed by atoms with E-state index >= 15 is 0 Å². The minimum absolute atomic E-state index is 0.661. The van der Waals surface area contributed by atoms with Gasteiger partial charge in [0.1, 0.15) is 0 Å². The second kappa shape index (κ2) is 5.53. The molecule has 0 amide bonds. The van der Waals surface area contributed by atoms with Gasteiger partial charge in [-0.2, -0.15) is 0 Å². The molecular formula is C13H18ClN. The first kappa shape index (κ1) is 11.0. The topological polar surface area (TPSA) is 12.0 Å². The number of benzene rings is 1. The van der Waals surface area contributed by atoms with Gasteiger partial charge in [0.2, 0.25) is 0 Å². The van der Waals surface area contributed by atoms with E-state index in [0.29, 0.717) is 6.04 Å². The fraction of sp³-hybridized carbons (Fsp3) is 0.538. The Balaban J connectivity index is 1.92. The zero-order chi connectivity index (χ0) is 10.5. The Bertz CT molecular complexity index is 286. The van der Waals surface area contributed by atoms with Crippen molar-refractivity contribution in [2.45, 2.75) is 38.1 Å². The molecule has 1 aliphatic rings. The Kier molecular flexibility index (Phi) is 4.04. The van der Waals surface area contributed by atoms with Crippen molar-refractivity contribution in [1.82, 2.24) is 5.32 Å². The largest absolute Gasteiger partial charge is 0.314 e. The van der Waals surface area contributed by atoms with Gasteiger partial charge in [-0.05, 0) is 43.5 Å². The van der Waals surface area contributed by atoms with Crippen molar-refractivity contribution in [1.29, 1.82) is 0 Å². The monoisotopic (exact) mass is 223 g/mol. The minimum atomic E-state index is 0.661. The average molecular weight is 224 g/mol. The number of hydrogen-bond donors (Lipinski definition) is 1. The summed E-state index contributed by atoms with van der Waals surface area (Å²) < 4.78 is 0. The Hall–Kier alpha value is -0.530. The van der Waals surface area contributed by atoms with Gasteiger partial charge in [-0.15, -0.1) is 0 Å². The van der Waals surface area contributed by atoms with E-state index in [1.165, 1.54) is 37.8 Å². The van der Waals surface area contributed by atoms with Crippen LogP contribution in [-0.2, 0) is 6.42 Å². The molecule has 1 saturated heterocycles. The van der Waals surface area contributed by atoms with Crippen LogP contribution in [0.15, 0.2) is 24.3 Å². The molecule has 1 N–H and O–H groups in total. The number of nitrogens with one attached hydrogen (secondary N) is 1. The van der Waals surface area contributed by atoms with Crippen LogP contribution in [0.4, 0.5) is 0 Å². The Morgan fingerprint density at radius 3 is 2.73 bits per heavy atom. The maximum Gasteiger partial charge on any atom is 0.0406 e. The van der Waals surface area contributed by atoms with E-state index < -0.39 is 0 Å². The smallest absolute Gasteiger partial charge is 0.0406 e. The first-order chi connectivity index (χ1) is 7.34. The molecule has 2 rings (SSSR count). The van der Waals surface area contributed by atoms with E-state index in [1.807, 2.05) is 12.1 Å². The molecule has 1 aromatic carbocycles. The zero-order valence-electron chi connectivity index (χ0n) is 9.01. The van der Waals surface area contributed by atoms with E-state index in [-0.39, 0.29) is 0 Å². The summed E-state index contributed by atoms with van der Waals surface area (Å²) in [6, 6.07) is 8.89.